The molecule has 1 aliphatic carbocycles. The van der Waals surface area contributed by atoms with Gasteiger partial charge in [0.1, 0.15) is 24.4 Å². The number of benzene rings is 4. The number of rotatable bonds is 12. The molecule has 2 atom stereocenters. The summed E-state index contributed by atoms with van der Waals surface area (Å²) in [5.41, 5.74) is 5.56. The second kappa shape index (κ2) is 15.6. The van der Waals surface area contributed by atoms with E-state index in [1.54, 1.807) is 16.7 Å². The first-order valence-electron chi connectivity index (χ1n) is 16.7. The minimum atomic E-state index is -1.17. The predicted molar refractivity (Wildman–Crippen MR) is 189 cm³/mol. The number of hydrogen-bond donors (Lipinski definition) is 2. The van der Waals surface area contributed by atoms with Crippen LogP contribution in [-0.2, 0) is 33.8 Å². The van der Waals surface area contributed by atoms with Crippen molar-refractivity contribution >= 4 is 29.5 Å². The van der Waals surface area contributed by atoms with E-state index in [2.05, 4.69) is 17.4 Å². The highest BCUT2D eigenvalue weighted by molar-refractivity contribution is 7.98. The zero-order chi connectivity index (χ0) is 33.5. The average Bonchev–Trinajstić information content (AvgIpc) is 3.63. The first-order chi connectivity index (χ1) is 23.4. The number of amides is 2. The molecule has 0 radical (unpaired) electrons. The third-order valence-corrected chi connectivity index (χ3v) is 10.3. The van der Waals surface area contributed by atoms with Crippen molar-refractivity contribution in [1.29, 1.82) is 0 Å². The van der Waals surface area contributed by atoms with E-state index in [4.69, 9.17) is 4.74 Å². The van der Waals surface area contributed by atoms with Crippen LogP contribution in [0.25, 0.3) is 11.1 Å². The summed E-state index contributed by atoms with van der Waals surface area (Å²) in [7, 11) is 0. The normalized spacial score (nSPS) is 16.6. The molecular formula is C40H42N2O5S. The summed E-state index contributed by atoms with van der Waals surface area (Å²) in [5.74, 6) is -0.760. The fourth-order valence-corrected chi connectivity index (χ4v) is 7.26. The van der Waals surface area contributed by atoms with Gasteiger partial charge in [-0.15, -0.1) is 11.8 Å². The van der Waals surface area contributed by atoms with Gasteiger partial charge < -0.3 is 20.1 Å². The zero-order valence-electron chi connectivity index (χ0n) is 27.3. The van der Waals surface area contributed by atoms with Gasteiger partial charge in [-0.05, 0) is 89.1 Å². The molecule has 7 nitrogen and oxygen atoms in total. The quantitative estimate of drug-likeness (QED) is 0.153. The number of aliphatic carboxylic acids is 1. The number of nitrogens with zero attached hydrogens (tertiary/aromatic N) is 1. The minimum Gasteiger partial charge on any atom is -0.489 e. The number of fused-ring (bicyclic) bond motifs is 1. The van der Waals surface area contributed by atoms with Crippen molar-refractivity contribution in [2.24, 2.45) is 5.92 Å². The number of carbonyl (C=O) groups is 3. The van der Waals surface area contributed by atoms with Crippen LogP contribution >= 0.6 is 11.8 Å². The van der Waals surface area contributed by atoms with Crippen LogP contribution in [0.3, 0.4) is 0 Å². The Balaban J connectivity index is 1.23. The first-order valence-corrected chi connectivity index (χ1v) is 18.0. The van der Waals surface area contributed by atoms with E-state index in [9.17, 15) is 19.5 Å². The molecule has 2 N–H and O–H groups in total. The smallest absolute Gasteiger partial charge is 0.326 e. The van der Waals surface area contributed by atoms with Crippen LogP contribution in [0.4, 0.5) is 0 Å². The highest BCUT2D eigenvalue weighted by Gasteiger charge is 2.38. The zero-order valence-corrected chi connectivity index (χ0v) is 28.1. The van der Waals surface area contributed by atoms with Crippen LogP contribution in [-0.4, -0.2) is 46.6 Å². The van der Waals surface area contributed by atoms with E-state index < -0.39 is 24.0 Å². The molecule has 0 aromatic heterocycles. The molecule has 8 heteroatoms. The summed E-state index contributed by atoms with van der Waals surface area (Å²) in [4.78, 5) is 43.3. The molecule has 6 rings (SSSR count). The average molecular weight is 663 g/mol. The standard InChI is InChI=1S/C40H42N2O5S/c1-48-34-19-13-29(14-20-34)26-47-33-18-17-32-21-22-42(37(43)24-27-7-5-6-8-27)38(35(32)25-33)39(44)41-36(40(45)46)23-28-11-15-31(16-12-28)30-9-3-2-4-10-30/h2-4,9-20,25,27,36,38H,5-8,21-24,26H2,1H3,(H,41,44)(H,45,46)/t36-,38?/m0/s1. The summed E-state index contributed by atoms with van der Waals surface area (Å²) in [6.45, 7) is 0.760. The van der Waals surface area contributed by atoms with Crippen molar-refractivity contribution in [1.82, 2.24) is 10.2 Å². The van der Waals surface area contributed by atoms with Crippen LogP contribution in [0.1, 0.15) is 60.4 Å². The Morgan fingerprint density at radius 1 is 0.896 bits per heavy atom. The van der Waals surface area contributed by atoms with Crippen LogP contribution < -0.4 is 10.1 Å². The van der Waals surface area contributed by atoms with Crippen molar-refractivity contribution < 1.29 is 24.2 Å². The fourth-order valence-electron chi connectivity index (χ4n) is 6.85. The lowest BCUT2D eigenvalue weighted by Crippen LogP contribution is -2.51. The molecule has 248 valence electrons. The highest BCUT2D eigenvalue weighted by atomic mass is 32.2. The molecule has 1 heterocycles. The van der Waals surface area contributed by atoms with Gasteiger partial charge in [-0.1, -0.05) is 85.6 Å². The van der Waals surface area contributed by atoms with E-state index in [1.807, 2.05) is 91.2 Å². The van der Waals surface area contributed by atoms with Crippen molar-refractivity contribution in [2.75, 3.05) is 12.8 Å². The predicted octanol–water partition coefficient (Wildman–Crippen LogP) is 7.47. The largest absolute Gasteiger partial charge is 0.489 e. The Morgan fingerprint density at radius 3 is 2.27 bits per heavy atom. The Labute approximate surface area is 286 Å². The summed E-state index contributed by atoms with van der Waals surface area (Å²) < 4.78 is 6.17. The van der Waals surface area contributed by atoms with Gasteiger partial charge in [-0.2, -0.15) is 0 Å². The van der Waals surface area contributed by atoms with Gasteiger partial charge in [0.2, 0.25) is 11.8 Å². The molecule has 2 aliphatic rings. The Kier molecular flexibility index (Phi) is 10.8. The van der Waals surface area contributed by atoms with Crippen molar-refractivity contribution in [3.63, 3.8) is 0 Å². The van der Waals surface area contributed by atoms with E-state index in [1.165, 1.54) is 4.90 Å². The lowest BCUT2D eigenvalue weighted by molar-refractivity contribution is -0.145. The van der Waals surface area contributed by atoms with E-state index in [-0.39, 0.29) is 12.3 Å². The molecule has 1 aliphatic heterocycles. The van der Waals surface area contributed by atoms with Gasteiger partial charge >= 0.3 is 5.97 Å². The third-order valence-electron chi connectivity index (χ3n) is 9.53. The van der Waals surface area contributed by atoms with E-state index in [0.29, 0.717) is 43.2 Å². The number of carboxylic acid groups (broad SMARTS) is 1. The number of hydrogen-bond acceptors (Lipinski definition) is 5. The molecule has 2 amide bonds. The third kappa shape index (κ3) is 8.11. The lowest BCUT2D eigenvalue weighted by atomic mass is 9.90. The fraction of sp³-hybridized carbons (Fsp3) is 0.325. The topological polar surface area (TPSA) is 95.9 Å². The molecule has 4 aromatic rings. The Morgan fingerprint density at radius 2 is 1.58 bits per heavy atom. The summed E-state index contributed by atoms with van der Waals surface area (Å²) >= 11 is 1.68. The van der Waals surface area contributed by atoms with Gasteiger partial charge in [-0.3, -0.25) is 9.59 Å². The molecule has 1 saturated carbocycles. The van der Waals surface area contributed by atoms with Crippen molar-refractivity contribution in [3.8, 4) is 16.9 Å². The first kappa shape index (κ1) is 33.3. The molecule has 0 bridgehead atoms. The van der Waals surface area contributed by atoms with E-state index >= 15 is 0 Å². The highest BCUT2D eigenvalue weighted by Crippen LogP contribution is 2.36. The maximum absolute atomic E-state index is 14.2. The molecule has 0 spiro atoms. The van der Waals surface area contributed by atoms with Crippen molar-refractivity contribution in [2.45, 2.75) is 68.5 Å². The van der Waals surface area contributed by atoms with Gasteiger partial charge in [0.05, 0.1) is 0 Å². The summed E-state index contributed by atoms with van der Waals surface area (Å²) in [5, 5.41) is 13.0. The van der Waals surface area contributed by atoms with Gasteiger partial charge in [0.15, 0.2) is 0 Å². The summed E-state index contributed by atoms with van der Waals surface area (Å²) in [6, 6.07) is 29.5. The molecule has 1 fully saturated rings. The van der Waals surface area contributed by atoms with E-state index in [0.717, 1.165) is 53.5 Å². The number of carbonyl (C=O) groups excluding carboxylic acids is 2. The molecule has 0 saturated heterocycles. The SMILES string of the molecule is CSc1ccc(COc2ccc3c(c2)C(C(=O)N[C@@H](Cc2ccc(-c4ccccc4)cc2)C(=O)O)N(C(=O)CC2CCCC2)CC3)cc1. The molecular weight excluding hydrogens is 621 g/mol. The monoisotopic (exact) mass is 662 g/mol. The second-order valence-electron chi connectivity index (χ2n) is 12.8. The van der Waals surface area contributed by atoms with Gasteiger partial charge in [-0.25, -0.2) is 4.79 Å². The van der Waals surface area contributed by atoms with Crippen LogP contribution in [0.15, 0.2) is 102 Å². The number of nitrogens with one attached hydrogen (secondary N) is 1. The Bertz CT molecular complexity index is 1720. The number of ether oxygens (including phenoxy) is 1. The maximum atomic E-state index is 14.2. The number of carboxylic acids is 1. The summed E-state index contributed by atoms with van der Waals surface area (Å²) in [6.07, 6.45) is 7.45. The lowest BCUT2D eigenvalue weighted by Gasteiger charge is -2.37. The maximum Gasteiger partial charge on any atom is 0.326 e. The molecule has 48 heavy (non-hydrogen) atoms. The van der Waals surface area contributed by atoms with Crippen molar-refractivity contribution in [3.05, 3.63) is 119 Å². The van der Waals surface area contributed by atoms with Crippen LogP contribution in [0.2, 0.25) is 0 Å². The Hall–Kier alpha value is -4.56. The minimum absolute atomic E-state index is 0.0590. The van der Waals surface area contributed by atoms with Crippen LogP contribution in [0.5, 0.6) is 5.75 Å². The molecule has 4 aromatic carbocycles. The van der Waals surface area contributed by atoms with Crippen LogP contribution in [0, 0.1) is 5.92 Å². The second-order valence-corrected chi connectivity index (χ2v) is 13.6. The number of thioether (sulfide) groups is 1. The van der Waals surface area contributed by atoms with Gasteiger partial charge in [0.25, 0.3) is 0 Å². The van der Waals surface area contributed by atoms with Gasteiger partial charge in [0, 0.05) is 24.3 Å². The molecule has 1 unspecified atom stereocenters.